The third-order valence-corrected chi connectivity index (χ3v) is 4.01. The Kier molecular flexibility index (Phi) is 3.70. The van der Waals surface area contributed by atoms with Crippen molar-refractivity contribution < 1.29 is 0 Å². The lowest BCUT2D eigenvalue weighted by molar-refractivity contribution is 0.342. The van der Waals surface area contributed by atoms with E-state index in [2.05, 4.69) is 59.4 Å². The first kappa shape index (κ1) is 12.1. The van der Waals surface area contributed by atoms with Gasteiger partial charge in [-0.25, -0.2) is 0 Å². The highest BCUT2D eigenvalue weighted by atomic mass is 79.9. The molecular formula is C14H20BrN. The Bertz CT molecular complexity index is 336. The number of nitrogens with one attached hydrogen (secondary N) is 1. The van der Waals surface area contributed by atoms with E-state index in [1.807, 2.05) is 0 Å². The molecule has 16 heavy (non-hydrogen) atoms. The summed E-state index contributed by atoms with van der Waals surface area (Å²) in [6, 6.07) is 9.34. The molecule has 1 aliphatic carbocycles. The smallest absolute Gasteiger partial charge is 0.0379 e. The average Bonchev–Trinajstić information content (AvgIpc) is 2.70. The lowest BCUT2D eigenvalue weighted by Crippen LogP contribution is -2.42. The van der Waals surface area contributed by atoms with Gasteiger partial charge in [0.2, 0.25) is 0 Å². The highest BCUT2D eigenvalue weighted by molar-refractivity contribution is 9.10. The maximum Gasteiger partial charge on any atom is 0.0379 e. The number of hydrogen-bond donors (Lipinski definition) is 1. The first-order valence-electron chi connectivity index (χ1n) is 6.12. The third kappa shape index (κ3) is 2.86. The molecule has 0 atom stereocenters. The topological polar surface area (TPSA) is 12.0 Å². The molecule has 1 fully saturated rings. The van der Waals surface area contributed by atoms with E-state index >= 15 is 0 Å². The Morgan fingerprint density at radius 1 is 1.12 bits per heavy atom. The van der Waals surface area contributed by atoms with E-state index in [0.717, 1.165) is 4.47 Å². The van der Waals surface area contributed by atoms with Gasteiger partial charge in [-0.05, 0) is 44.4 Å². The van der Waals surface area contributed by atoms with Gasteiger partial charge in [-0.3, -0.25) is 0 Å². The Morgan fingerprint density at radius 3 is 2.25 bits per heavy atom. The van der Waals surface area contributed by atoms with Crippen molar-refractivity contribution in [1.82, 2.24) is 5.32 Å². The van der Waals surface area contributed by atoms with Crippen molar-refractivity contribution in [3.63, 3.8) is 0 Å². The lowest BCUT2D eigenvalue weighted by atomic mass is 9.93. The summed E-state index contributed by atoms with van der Waals surface area (Å²) in [5.74, 6) is 0. The van der Waals surface area contributed by atoms with Crippen LogP contribution in [0.25, 0.3) is 0 Å². The normalized spacial score (nSPS) is 17.9. The molecule has 0 spiro atoms. The zero-order valence-electron chi connectivity index (χ0n) is 10.1. The number of rotatable bonds is 3. The van der Waals surface area contributed by atoms with E-state index in [1.54, 1.807) is 0 Å². The highest BCUT2D eigenvalue weighted by Gasteiger charge is 2.25. The summed E-state index contributed by atoms with van der Waals surface area (Å²) in [6.45, 7) is 4.54. The molecular weight excluding hydrogens is 262 g/mol. The summed E-state index contributed by atoms with van der Waals surface area (Å²) < 4.78 is 1.15. The Balaban J connectivity index is 2.07. The zero-order valence-corrected chi connectivity index (χ0v) is 11.7. The summed E-state index contributed by atoms with van der Waals surface area (Å²) in [5, 5.41) is 3.78. The molecule has 0 bridgehead atoms. The lowest BCUT2D eigenvalue weighted by Gasteiger charge is -2.30. The van der Waals surface area contributed by atoms with E-state index < -0.39 is 0 Å². The van der Waals surface area contributed by atoms with Gasteiger partial charge in [-0.1, -0.05) is 40.9 Å². The van der Waals surface area contributed by atoms with Crippen molar-refractivity contribution in [1.29, 1.82) is 0 Å². The second-order valence-electron chi connectivity index (χ2n) is 5.26. The summed E-state index contributed by atoms with van der Waals surface area (Å²) in [6.07, 6.45) is 5.43. The molecule has 0 unspecified atom stereocenters. The molecule has 0 heterocycles. The van der Waals surface area contributed by atoms with Crippen LogP contribution in [0.2, 0.25) is 0 Å². The minimum absolute atomic E-state index is 0.0791. The predicted octanol–water partition coefficient (Wildman–Crippen LogP) is 4.22. The molecule has 1 N–H and O–H groups in total. The second-order valence-corrected chi connectivity index (χ2v) is 6.17. The Hall–Kier alpha value is -0.340. The largest absolute Gasteiger partial charge is 0.305 e. The van der Waals surface area contributed by atoms with Crippen LogP contribution in [0.5, 0.6) is 0 Å². The minimum atomic E-state index is 0.0791. The van der Waals surface area contributed by atoms with Gasteiger partial charge in [0, 0.05) is 16.1 Å². The molecule has 0 saturated heterocycles. The molecule has 1 nitrogen and oxygen atoms in total. The van der Waals surface area contributed by atoms with Crippen molar-refractivity contribution >= 4 is 15.9 Å². The van der Waals surface area contributed by atoms with E-state index in [0.29, 0.717) is 6.04 Å². The summed E-state index contributed by atoms with van der Waals surface area (Å²) in [5.41, 5.74) is 1.44. The average molecular weight is 282 g/mol. The SMILES string of the molecule is CC(C)(NC1CCCC1)c1ccc(Br)cc1. The van der Waals surface area contributed by atoms with Crippen LogP contribution >= 0.6 is 15.9 Å². The molecule has 1 aromatic rings. The maximum atomic E-state index is 3.78. The maximum absolute atomic E-state index is 3.78. The highest BCUT2D eigenvalue weighted by Crippen LogP contribution is 2.26. The quantitative estimate of drug-likeness (QED) is 0.875. The van der Waals surface area contributed by atoms with E-state index in [-0.39, 0.29) is 5.54 Å². The van der Waals surface area contributed by atoms with Crippen molar-refractivity contribution in [3.8, 4) is 0 Å². The van der Waals surface area contributed by atoms with Crippen molar-refractivity contribution in [2.24, 2.45) is 0 Å². The fraction of sp³-hybridized carbons (Fsp3) is 0.571. The van der Waals surface area contributed by atoms with Gasteiger partial charge in [0.15, 0.2) is 0 Å². The van der Waals surface area contributed by atoms with Crippen LogP contribution < -0.4 is 5.32 Å². The summed E-state index contributed by atoms with van der Waals surface area (Å²) in [4.78, 5) is 0. The van der Waals surface area contributed by atoms with Crippen molar-refractivity contribution in [2.75, 3.05) is 0 Å². The molecule has 0 aliphatic heterocycles. The molecule has 0 radical (unpaired) electrons. The first-order chi connectivity index (χ1) is 7.58. The number of benzene rings is 1. The Morgan fingerprint density at radius 2 is 1.69 bits per heavy atom. The second kappa shape index (κ2) is 4.89. The fourth-order valence-corrected chi connectivity index (χ4v) is 2.79. The van der Waals surface area contributed by atoms with Crippen molar-refractivity contribution in [2.45, 2.75) is 51.1 Å². The molecule has 0 aromatic heterocycles. The molecule has 0 amide bonds. The molecule has 88 valence electrons. The van der Waals surface area contributed by atoms with Crippen LogP contribution in [0.15, 0.2) is 28.7 Å². The van der Waals surface area contributed by atoms with Gasteiger partial charge in [0.25, 0.3) is 0 Å². The Labute approximate surface area is 107 Å². The summed E-state index contributed by atoms with van der Waals surface area (Å²) in [7, 11) is 0. The molecule has 1 aromatic carbocycles. The standard InChI is InChI=1S/C14H20BrN/c1-14(2,16-13-5-3-4-6-13)11-7-9-12(15)10-8-11/h7-10,13,16H,3-6H2,1-2H3. The van der Waals surface area contributed by atoms with Gasteiger partial charge >= 0.3 is 0 Å². The first-order valence-corrected chi connectivity index (χ1v) is 6.91. The van der Waals surface area contributed by atoms with Crippen LogP contribution in [0.4, 0.5) is 0 Å². The molecule has 2 rings (SSSR count). The fourth-order valence-electron chi connectivity index (χ4n) is 2.53. The molecule has 2 heteroatoms. The van der Waals surface area contributed by atoms with E-state index in [4.69, 9.17) is 0 Å². The van der Waals surface area contributed by atoms with Gasteiger partial charge in [-0.2, -0.15) is 0 Å². The van der Waals surface area contributed by atoms with Gasteiger partial charge < -0.3 is 5.32 Å². The van der Waals surface area contributed by atoms with E-state index in [9.17, 15) is 0 Å². The van der Waals surface area contributed by atoms with Crippen LogP contribution in [-0.2, 0) is 5.54 Å². The molecule has 1 aliphatic rings. The summed E-state index contributed by atoms with van der Waals surface area (Å²) >= 11 is 3.48. The van der Waals surface area contributed by atoms with Crippen LogP contribution in [0, 0.1) is 0 Å². The number of hydrogen-bond acceptors (Lipinski definition) is 1. The van der Waals surface area contributed by atoms with E-state index in [1.165, 1.54) is 31.2 Å². The number of halogens is 1. The van der Waals surface area contributed by atoms with Gasteiger partial charge in [-0.15, -0.1) is 0 Å². The predicted molar refractivity (Wildman–Crippen MR) is 72.6 cm³/mol. The monoisotopic (exact) mass is 281 g/mol. The third-order valence-electron chi connectivity index (χ3n) is 3.49. The van der Waals surface area contributed by atoms with Gasteiger partial charge in [0.1, 0.15) is 0 Å². The van der Waals surface area contributed by atoms with Crippen LogP contribution in [0.1, 0.15) is 45.1 Å². The van der Waals surface area contributed by atoms with Crippen LogP contribution in [-0.4, -0.2) is 6.04 Å². The molecule has 1 saturated carbocycles. The zero-order chi connectivity index (χ0) is 11.6. The van der Waals surface area contributed by atoms with Crippen LogP contribution in [0.3, 0.4) is 0 Å². The van der Waals surface area contributed by atoms with Crippen molar-refractivity contribution in [3.05, 3.63) is 34.3 Å². The minimum Gasteiger partial charge on any atom is -0.305 e. The van der Waals surface area contributed by atoms with Gasteiger partial charge in [0.05, 0.1) is 0 Å².